The van der Waals surface area contributed by atoms with Crippen molar-refractivity contribution in [3.05, 3.63) is 47.7 Å². The Morgan fingerprint density at radius 1 is 1.31 bits per heavy atom. The lowest BCUT2D eigenvalue weighted by Crippen LogP contribution is -2.01. The highest BCUT2D eigenvalue weighted by molar-refractivity contribution is 5.82. The van der Waals surface area contributed by atoms with Crippen LogP contribution in [0, 0.1) is 0 Å². The summed E-state index contributed by atoms with van der Waals surface area (Å²) in [5.74, 6) is 0. The van der Waals surface area contributed by atoms with E-state index in [1.54, 1.807) is 6.07 Å². The van der Waals surface area contributed by atoms with Gasteiger partial charge in [-0.3, -0.25) is 4.79 Å². The molecule has 1 aliphatic heterocycles. The number of aldehydes is 1. The molecule has 1 aromatic carbocycles. The first-order valence-corrected chi connectivity index (χ1v) is 4.03. The smallest absolute Gasteiger partial charge is 0.150 e. The number of hydrogen-bond donors (Lipinski definition) is 1. The standard InChI is InChI=1S/C11H9NO/c1-8-2-4-10-6-9(7-13)3-5-11(10)12-8/h2-7,12H,1H2. The predicted octanol–water partition coefficient (Wildman–Crippen LogP) is 2.45. The minimum absolute atomic E-state index is 0.692. The summed E-state index contributed by atoms with van der Waals surface area (Å²) in [6.45, 7) is 3.79. The van der Waals surface area contributed by atoms with E-state index in [0.29, 0.717) is 5.56 Å². The molecule has 0 saturated carbocycles. The molecule has 0 amide bonds. The minimum atomic E-state index is 0.692. The fourth-order valence-corrected chi connectivity index (χ4v) is 1.31. The van der Waals surface area contributed by atoms with Crippen LogP contribution in [0.2, 0.25) is 0 Å². The van der Waals surface area contributed by atoms with Gasteiger partial charge in [0.1, 0.15) is 6.29 Å². The molecule has 2 rings (SSSR count). The summed E-state index contributed by atoms with van der Waals surface area (Å²) in [7, 11) is 0. The van der Waals surface area contributed by atoms with Crippen molar-refractivity contribution in [2.45, 2.75) is 0 Å². The molecule has 0 radical (unpaired) electrons. The average molecular weight is 171 g/mol. The van der Waals surface area contributed by atoms with Crippen LogP contribution < -0.4 is 5.32 Å². The Balaban J connectivity index is 2.51. The molecule has 1 N–H and O–H groups in total. The Bertz CT molecular complexity index is 405. The van der Waals surface area contributed by atoms with Crippen LogP contribution in [0.3, 0.4) is 0 Å². The number of rotatable bonds is 1. The Morgan fingerprint density at radius 3 is 2.92 bits per heavy atom. The first-order chi connectivity index (χ1) is 6.29. The zero-order valence-corrected chi connectivity index (χ0v) is 7.08. The van der Waals surface area contributed by atoms with E-state index in [0.717, 1.165) is 23.2 Å². The first-order valence-electron chi connectivity index (χ1n) is 4.03. The van der Waals surface area contributed by atoms with Crippen LogP contribution >= 0.6 is 0 Å². The zero-order valence-electron chi connectivity index (χ0n) is 7.08. The van der Waals surface area contributed by atoms with E-state index >= 15 is 0 Å². The lowest BCUT2D eigenvalue weighted by Gasteiger charge is -2.14. The number of nitrogens with one attached hydrogen (secondary N) is 1. The molecule has 0 aromatic heterocycles. The molecule has 0 atom stereocenters. The van der Waals surface area contributed by atoms with Gasteiger partial charge in [0, 0.05) is 16.9 Å². The Kier molecular flexibility index (Phi) is 1.74. The van der Waals surface area contributed by atoms with Gasteiger partial charge in [0.05, 0.1) is 0 Å². The minimum Gasteiger partial charge on any atom is -0.356 e. The van der Waals surface area contributed by atoms with Crippen molar-refractivity contribution in [3.63, 3.8) is 0 Å². The molecular weight excluding hydrogens is 162 g/mol. The monoisotopic (exact) mass is 171 g/mol. The van der Waals surface area contributed by atoms with E-state index in [-0.39, 0.29) is 0 Å². The quantitative estimate of drug-likeness (QED) is 0.657. The third-order valence-electron chi connectivity index (χ3n) is 1.97. The topological polar surface area (TPSA) is 29.1 Å². The van der Waals surface area contributed by atoms with E-state index in [9.17, 15) is 4.79 Å². The maximum absolute atomic E-state index is 10.5. The lowest BCUT2D eigenvalue weighted by molar-refractivity contribution is 0.112. The summed E-state index contributed by atoms with van der Waals surface area (Å²) in [5, 5.41) is 3.11. The normalized spacial score (nSPS) is 13.4. The third-order valence-corrected chi connectivity index (χ3v) is 1.97. The molecule has 2 nitrogen and oxygen atoms in total. The van der Waals surface area contributed by atoms with Crippen molar-refractivity contribution in [2.75, 3.05) is 5.32 Å². The largest absolute Gasteiger partial charge is 0.356 e. The van der Waals surface area contributed by atoms with Crippen molar-refractivity contribution < 1.29 is 4.79 Å². The van der Waals surface area contributed by atoms with Gasteiger partial charge in [-0.1, -0.05) is 12.7 Å². The summed E-state index contributed by atoms with van der Waals surface area (Å²) >= 11 is 0. The van der Waals surface area contributed by atoms with Gasteiger partial charge >= 0.3 is 0 Å². The van der Waals surface area contributed by atoms with Crippen molar-refractivity contribution in [3.8, 4) is 0 Å². The molecule has 1 heterocycles. The molecule has 0 saturated heterocycles. The van der Waals surface area contributed by atoms with Gasteiger partial charge < -0.3 is 5.32 Å². The van der Waals surface area contributed by atoms with Gasteiger partial charge in [-0.2, -0.15) is 0 Å². The molecule has 0 unspecified atom stereocenters. The van der Waals surface area contributed by atoms with Crippen LogP contribution in [0.5, 0.6) is 0 Å². The second-order valence-electron chi connectivity index (χ2n) is 2.95. The van der Waals surface area contributed by atoms with E-state index in [1.807, 2.05) is 24.3 Å². The maximum Gasteiger partial charge on any atom is 0.150 e. The van der Waals surface area contributed by atoms with Gasteiger partial charge in [-0.15, -0.1) is 0 Å². The van der Waals surface area contributed by atoms with Gasteiger partial charge in [0.25, 0.3) is 0 Å². The van der Waals surface area contributed by atoms with Crippen LogP contribution in [0.4, 0.5) is 5.69 Å². The highest BCUT2D eigenvalue weighted by Gasteiger charge is 2.05. The third kappa shape index (κ3) is 1.38. The van der Waals surface area contributed by atoms with Crippen molar-refractivity contribution in [1.82, 2.24) is 0 Å². The number of anilines is 1. The highest BCUT2D eigenvalue weighted by Crippen LogP contribution is 2.24. The second-order valence-corrected chi connectivity index (χ2v) is 2.95. The number of carbonyl (C=O) groups is 1. The lowest BCUT2D eigenvalue weighted by atomic mass is 10.1. The Hall–Kier alpha value is -1.83. The molecule has 0 fully saturated rings. The SMILES string of the molecule is C=C1C=Cc2cc(C=O)ccc2N1. The van der Waals surface area contributed by atoms with E-state index in [1.165, 1.54) is 0 Å². The van der Waals surface area contributed by atoms with Crippen molar-refractivity contribution in [2.24, 2.45) is 0 Å². The van der Waals surface area contributed by atoms with Gasteiger partial charge in [-0.25, -0.2) is 0 Å². The van der Waals surface area contributed by atoms with Crippen LogP contribution in [-0.2, 0) is 0 Å². The van der Waals surface area contributed by atoms with E-state index in [2.05, 4.69) is 11.9 Å². The predicted molar refractivity (Wildman–Crippen MR) is 53.6 cm³/mol. The summed E-state index contributed by atoms with van der Waals surface area (Å²) in [6, 6.07) is 5.51. The Labute approximate surface area is 76.6 Å². The summed E-state index contributed by atoms with van der Waals surface area (Å²) in [6.07, 6.45) is 4.68. The molecule has 0 spiro atoms. The van der Waals surface area contributed by atoms with Crippen molar-refractivity contribution >= 4 is 18.0 Å². The van der Waals surface area contributed by atoms with E-state index < -0.39 is 0 Å². The van der Waals surface area contributed by atoms with Crippen LogP contribution in [0.1, 0.15) is 15.9 Å². The van der Waals surface area contributed by atoms with Gasteiger partial charge in [0.2, 0.25) is 0 Å². The first kappa shape index (κ1) is 7.80. The fourth-order valence-electron chi connectivity index (χ4n) is 1.31. The highest BCUT2D eigenvalue weighted by atomic mass is 16.1. The summed E-state index contributed by atoms with van der Waals surface area (Å²) < 4.78 is 0. The van der Waals surface area contributed by atoms with Gasteiger partial charge in [-0.05, 0) is 29.8 Å². The molecule has 64 valence electrons. The second kappa shape index (κ2) is 2.90. The number of carbonyl (C=O) groups excluding carboxylic acids is 1. The number of benzene rings is 1. The molecule has 1 aromatic rings. The van der Waals surface area contributed by atoms with Crippen LogP contribution in [0.15, 0.2) is 36.6 Å². The van der Waals surface area contributed by atoms with Crippen molar-refractivity contribution in [1.29, 1.82) is 0 Å². The van der Waals surface area contributed by atoms with Gasteiger partial charge in [0.15, 0.2) is 0 Å². The number of fused-ring (bicyclic) bond motifs is 1. The molecule has 0 aliphatic carbocycles. The number of hydrogen-bond acceptors (Lipinski definition) is 2. The summed E-state index contributed by atoms with van der Waals surface area (Å²) in [4.78, 5) is 10.5. The Morgan fingerprint density at radius 2 is 2.15 bits per heavy atom. The zero-order chi connectivity index (χ0) is 9.26. The van der Waals surface area contributed by atoms with Crippen LogP contribution in [0.25, 0.3) is 6.08 Å². The molecule has 2 heteroatoms. The molecular formula is C11H9NO. The number of allylic oxidation sites excluding steroid dienone is 1. The molecule has 13 heavy (non-hydrogen) atoms. The maximum atomic E-state index is 10.5. The fraction of sp³-hybridized carbons (Fsp3) is 0. The van der Waals surface area contributed by atoms with Crippen LogP contribution in [-0.4, -0.2) is 6.29 Å². The summed E-state index contributed by atoms with van der Waals surface area (Å²) in [5.41, 5.74) is 3.58. The molecule has 1 aliphatic rings. The van der Waals surface area contributed by atoms with E-state index in [4.69, 9.17) is 0 Å². The molecule has 0 bridgehead atoms. The average Bonchev–Trinajstić information content (AvgIpc) is 2.17.